The number of phenols is 1. The van der Waals surface area contributed by atoms with Crippen LogP contribution in [0.25, 0.3) is 0 Å². The summed E-state index contributed by atoms with van der Waals surface area (Å²) in [6, 6.07) is 14.5. The van der Waals surface area contributed by atoms with Crippen LogP contribution in [0.1, 0.15) is 42.7 Å². The highest BCUT2D eigenvalue weighted by molar-refractivity contribution is 6.04. The molecular weight excluding hydrogens is 394 g/mol. The van der Waals surface area contributed by atoms with Gasteiger partial charge in [0.05, 0.1) is 19.8 Å². The summed E-state index contributed by atoms with van der Waals surface area (Å²) in [7, 11) is 2.95. The number of nitrogens with one attached hydrogen (secondary N) is 1. The fourth-order valence-electron chi connectivity index (χ4n) is 4.57. The van der Waals surface area contributed by atoms with Crippen LogP contribution in [-0.4, -0.2) is 31.1 Å². The zero-order chi connectivity index (χ0) is 22.1. The van der Waals surface area contributed by atoms with Crippen molar-refractivity contribution in [2.24, 2.45) is 0 Å². The van der Waals surface area contributed by atoms with E-state index >= 15 is 0 Å². The summed E-state index contributed by atoms with van der Waals surface area (Å²) >= 11 is 0. The molecule has 1 aliphatic heterocycles. The summed E-state index contributed by atoms with van der Waals surface area (Å²) in [5, 5.41) is 13.3. The zero-order valence-corrected chi connectivity index (χ0v) is 17.8. The molecule has 0 bridgehead atoms. The second-order valence-corrected chi connectivity index (χ2v) is 7.88. The van der Waals surface area contributed by atoms with Crippen molar-refractivity contribution in [3.05, 3.63) is 82.2 Å². The van der Waals surface area contributed by atoms with E-state index in [0.717, 1.165) is 17.0 Å². The predicted octanol–water partition coefficient (Wildman–Crippen LogP) is 3.94. The van der Waals surface area contributed by atoms with Gasteiger partial charge in [0.2, 0.25) is 0 Å². The first kappa shape index (κ1) is 20.7. The highest BCUT2D eigenvalue weighted by atomic mass is 16.5. The number of benzene rings is 2. The molecule has 0 unspecified atom stereocenters. The SMILES string of the molecule is COC(=O)C1=C(C)NC2=C(C(=O)C[C@@H](c3ccc(OC)cc3)C2)[C@@H]1c1cccc(O)c1. The maximum absolute atomic E-state index is 13.4. The molecule has 1 heterocycles. The van der Waals surface area contributed by atoms with Gasteiger partial charge < -0.3 is 19.9 Å². The maximum atomic E-state index is 13.4. The highest BCUT2D eigenvalue weighted by Crippen LogP contribution is 2.46. The molecule has 2 atom stereocenters. The van der Waals surface area contributed by atoms with E-state index in [4.69, 9.17) is 9.47 Å². The van der Waals surface area contributed by atoms with Crippen molar-refractivity contribution in [2.75, 3.05) is 14.2 Å². The molecular formula is C25H25NO5. The van der Waals surface area contributed by atoms with Gasteiger partial charge in [-0.1, -0.05) is 24.3 Å². The van der Waals surface area contributed by atoms with E-state index in [1.807, 2.05) is 37.3 Å². The zero-order valence-electron chi connectivity index (χ0n) is 17.8. The van der Waals surface area contributed by atoms with Crippen LogP contribution in [0.3, 0.4) is 0 Å². The molecule has 0 aromatic heterocycles. The highest BCUT2D eigenvalue weighted by Gasteiger charge is 2.41. The molecule has 31 heavy (non-hydrogen) atoms. The van der Waals surface area contributed by atoms with Crippen LogP contribution in [0.4, 0.5) is 0 Å². The fraction of sp³-hybridized carbons (Fsp3) is 0.280. The summed E-state index contributed by atoms with van der Waals surface area (Å²) in [6.07, 6.45) is 0.990. The largest absolute Gasteiger partial charge is 0.508 e. The van der Waals surface area contributed by atoms with Crippen molar-refractivity contribution in [3.8, 4) is 11.5 Å². The lowest BCUT2D eigenvalue weighted by Gasteiger charge is -2.36. The Labute approximate surface area is 181 Å². The van der Waals surface area contributed by atoms with E-state index in [2.05, 4.69) is 5.32 Å². The van der Waals surface area contributed by atoms with Crippen molar-refractivity contribution in [1.29, 1.82) is 0 Å². The number of esters is 1. The Hall–Kier alpha value is -3.54. The molecule has 0 fully saturated rings. The number of hydrogen-bond acceptors (Lipinski definition) is 6. The second-order valence-electron chi connectivity index (χ2n) is 7.88. The first-order valence-electron chi connectivity index (χ1n) is 10.2. The van der Waals surface area contributed by atoms with Crippen LogP contribution in [-0.2, 0) is 14.3 Å². The Balaban J connectivity index is 1.78. The normalized spacial score (nSPS) is 20.8. The van der Waals surface area contributed by atoms with Crippen molar-refractivity contribution >= 4 is 11.8 Å². The first-order chi connectivity index (χ1) is 14.9. The van der Waals surface area contributed by atoms with Gasteiger partial charge >= 0.3 is 5.97 Å². The molecule has 0 amide bonds. The van der Waals surface area contributed by atoms with Crippen LogP contribution in [0.2, 0.25) is 0 Å². The summed E-state index contributed by atoms with van der Waals surface area (Å²) in [5.41, 5.74) is 4.18. The van der Waals surface area contributed by atoms with Gasteiger partial charge in [-0.25, -0.2) is 4.79 Å². The Kier molecular flexibility index (Phi) is 5.55. The number of allylic oxidation sites excluding steroid dienone is 3. The van der Waals surface area contributed by atoms with Crippen LogP contribution >= 0.6 is 0 Å². The molecule has 160 valence electrons. The number of carbonyl (C=O) groups is 2. The fourth-order valence-corrected chi connectivity index (χ4v) is 4.57. The molecule has 6 heteroatoms. The number of hydrogen-bond donors (Lipinski definition) is 2. The summed E-state index contributed by atoms with van der Waals surface area (Å²) in [6.45, 7) is 1.81. The van der Waals surface area contributed by atoms with Gasteiger partial charge in [-0.2, -0.15) is 0 Å². The van der Waals surface area contributed by atoms with E-state index in [9.17, 15) is 14.7 Å². The number of dihydropyridines is 1. The number of ketones is 1. The van der Waals surface area contributed by atoms with E-state index in [1.165, 1.54) is 7.11 Å². The van der Waals surface area contributed by atoms with Crippen molar-refractivity contribution < 1.29 is 24.2 Å². The minimum absolute atomic E-state index is 0.0168. The number of carbonyl (C=O) groups excluding carboxylic acids is 2. The third kappa shape index (κ3) is 3.81. The van der Waals surface area contributed by atoms with Gasteiger partial charge in [0.1, 0.15) is 11.5 Å². The Morgan fingerprint density at radius 1 is 1.06 bits per heavy atom. The van der Waals surface area contributed by atoms with Crippen LogP contribution < -0.4 is 10.1 Å². The van der Waals surface area contributed by atoms with Gasteiger partial charge in [-0.3, -0.25) is 4.79 Å². The topological polar surface area (TPSA) is 84.9 Å². The lowest BCUT2D eigenvalue weighted by molar-refractivity contribution is -0.136. The molecule has 0 radical (unpaired) electrons. The predicted molar refractivity (Wildman–Crippen MR) is 116 cm³/mol. The standard InChI is InChI=1S/C25H25NO5/c1-14-22(25(29)31-3)23(16-5-4-6-18(27)11-16)24-20(26-14)12-17(13-21(24)28)15-7-9-19(30-2)10-8-15/h4-11,17,23,26-27H,12-13H2,1-3H3/t17-,23+/m0/s1. The van der Waals surface area contributed by atoms with Gasteiger partial charge in [0.15, 0.2) is 5.78 Å². The van der Waals surface area contributed by atoms with Gasteiger partial charge in [0, 0.05) is 29.3 Å². The molecule has 4 rings (SSSR count). The Bertz CT molecular complexity index is 1100. The second kappa shape index (κ2) is 8.30. The van der Waals surface area contributed by atoms with Crippen molar-refractivity contribution in [2.45, 2.75) is 31.6 Å². The Morgan fingerprint density at radius 2 is 1.81 bits per heavy atom. The van der Waals surface area contributed by atoms with E-state index in [1.54, 1.807) is 25.3 Å². The lowest BCUT2D eigenvalue weighted by atomic mass is 9.71. The van der Waals surface area contributed by atoms with Crippen LogP contribution in [0, 0.1) is 0 Å². The molecule has 0 saturated heterocycles. The lowest BCUT2D eigenvalue weighted by Crippen LogP contribution is -2.36. The number of rotatable bonds is 4. The Morgan fingerprint density at radius 3 is 2.45 bits per heavy atom. The number of methoxy groups -OCH3 is 2. The molecule has 2 aromatic carbocycles. The average molecular weight is 419 g/mol. The first-order valence-corrected chi connectivity index (χ1v) is 10.2. The van der Waals surface area contributed by atoms with E-state index in [-0.39, 0.29) is 17.5 Å². The molecule has 2 N–H and O–H groups in total. The van der Waals surface area contributed by atoms with Crippen molar-refractivity contribution in [3.63, 3.8) is 0 Å². The minimum atomic E-state index is -0.583. The molecule has 0 saturated carbocycles. The molecule has 2 aliphatic rings. The molecule has 0 spiro atoms. The number of phenolic OH excluding ortho intramolecular Hbond substituents is 1. The van der Waals surface area contributed by atoms with Gasteiger partial charge in [0.25, 0.3) is 0 Å². The smallest absolute Gasteiger partial charge is 0.336 e. The van der Waals surface area contributed by atoms with E-state index < -0.39 is 11.9 Å². The maximum Gasteiger partial charge on any atom is 0.336 e. The monoisotopic (exact) mass is 419 g/mol. The van der Waals surface area contributed by atoms with E-state index in [0.29, 0.717) is 35.2 Å². The quantitative estimate of drug-likeness (QED) is 0.731. The number of ether oxygens (including phenoxy) is 2. The van der Waals surface area contributed by atoms with Crippen molar-refractivity contribution in [1.82, 2.24) is 5.32 Å². The summed E-state index contributed by atoms with van der Waals surface area (Å²) < 4.78 is 10.3. The van der Waals surface area contributed by atoms with Gasteiger partial charge in [-0.05, 0) is 54.7 Å². The number of Topliss-reactive ketones (excluding diaryl/α,β-unsaturated/α-hetero) is 1. The molecule has 1 aliphatic carbocycles. The molecule has 2 aromatic rings. The third-order valence-corrected chi connectivity index (χ3v) is 6.02. The van der Waals surface area contributed by atoms with Crippen LogP contribution in [0.5, 0.6) is 11.5 Å². The third-order valence-electron chi connectivity index (χ3n) is 6.02. The van der Waals surface area contributed by atoms with Gasteiger partial charge in [-0.15, -0.1) is 0 Å². The molecule has 6 nitrogen and oxygen atoms in total. The summed E-state index contributed by atoms with van der Waals surface area (Å²) in [4.78, 5) is 26.1. The van der Waals surface area contributed by atoms with Crippen LogP contribution in [0.15, 0.2) is 71.1 Å². The number of aromatic hydroxyl groups is 1. The minimum Gasteiger partial charge on any atom is -0.508 e. The average Bonchev–Trinajstić information content (AvgIpc) is 2.77. The summed E-state index contributed by atoms with van der Waals surface area (Å²) in [5.74, 6) is -0.208.